The minimum atomic E-state index is 0.562. The van der Waals surface area contributed by atoms with Crippen molar-refractivity contribution in [3.8, 4) is 0 Å². The van der Waals surface area contributed by atoms with Crippen molar-refractivity contribution in [3.63, 3.8) is 0 Å². The second-order valence-corrected chi connectivity index (χ2v) is 7.58. The van der Waals surface area contributed by atoms with Gasteiger partial charge in [-0.2, -0.15) is 0 Å². The maximum Gasteiger partial charge on any atom is 0.168 e. The molecule has 4 nitrogen and oxygen atoms in total. The molecule has 0 saturated heterocycles. The van der Waals surface area contributed by atoms with Crippen LogP contribution in [0.1, 0.15) is 25.7 Å². The lowest BCUT2D eigenvalue weighted by Crippen LogP contribution is -2.39. The minimum Gasteiger partial charge on any atom is -0.353 e. The number of hydrogen-bond acceptors (Lipinski definition) is 6. The van der Waals surface area contributed by atoms with E-state index in [-0.39, 0.29) is 0 Å². The van der Waals surface area contributed by atoms with Crippen molar-refractivity contribution < 1.29 is 0 Å². The van der Waals surface area contributed by atoms with E-state index in [0.717, 1.165) is 18.8 Å². The van der Waals surface area contributed by atoms with Gasteiger partial charge in [0.15, 0.2) is 10.3 Å². The molecule has 0 bridgehead atoms. The fourth-order valence-electron chi connectivity index (χ4n) is 3.40. The topological polar surface area (TPSA) is 31.2 Å². The lowest BCUT2D eigenvalue weighted by molar-refractivity contribution is 0.285. The van der Waals surface area contributed by atoms with Gasteiger partial charge in [0.1, 0.15) is 0 Å². The fourth-order valence-corrected chi connectivity index (χ4v) is 5.50. The summed E-state index contributed by atoms with van der Waals surface area (Å²) in [5.74, 6) is 1.03. The molecule has 20 heavy (non-hydrogen) atoms. The summed E-state index contributed by atoms with van der Waals surface area (Å²) in [4.78, 5) is 14.3. The summed E-state index contributed by atoms with van der Waals surface area (Å²) in [5.41, 5.74) is 1.44. The maximum atomic E-state index is 4.92. The number of amidine groups is 2. The van der Waals surface area contributed by atoms with Gasteiger partial charge < -0.3 is 9.80 Å². The Morgan fingerprint density at radius 3 is 3.15 bits per heavy atom. The molecular formula is C14H20N4S2. The number of fused-ring (bicyclic) bond motifs is 3. The van der Waals surface area contributed by atoms with Crippen molar-refractivity contribution in [2.24, 2.45) is 9.98 Å². The first-order valence-electron chi connectivity index (χ1n) is 7.44. The molecule has 3 heterocycles. The van der Waals surface area contributed by atoms with Crippen LogP contribution in [0.2, 0.25) is 0 Å². The number of thioether (sulfide) groups is 2. The van der Waals surface area contributed by atoms with Gasteiger partial charge in [-0.1, -0.05) is 36.4 Å². The van der Waals surface area contributed by atoms with Crippen LogP contribution in [0.5, 0.6) is 0 Å². The van der Waals surface area contributed by atoms with Crippen LogP contribution < -0.4 is 0 Å². The molecule has 0 radical (unpaired) electrons. The van der Waals surface area contributed by atoms with Crippen LogP contribution in [0.15, 0.2) is 21.1 Å². The average molecular weight is 308 g/mol. The molecule has 0 unspecified atom stereocenters. The maximum absolute atomic E-state index is 4.92. The van der Waals surface area contributed by atoms with Crippen molar-refractivity contribution >= 4 is 33.9 Å². The highest BCUT2D eigenvalue weighted by Crippen LogP contribution is 2.41. The Morgan fingerprint density at radius 1 is 1.40 bits per heavy atom. The van der Waals surface area contributed by atoms with Gasteiger partial charge in [0.2, 0.25) is 0 Å². The summed E-state index contributed by atoms with van der Waals surface area (Å²) >= 11 is 3.69. The van der Waals surface area contributed by atoms with Gasteiger partial charge in [-0.25, -0.2) is 0 Å². The van der Waals surface area contributed by atoms with Crippen molar-refractivity contribution in [1.29, 1.82) is 0 Å². The predicted molar refractivity (Wildman–Crippen MR) is 88.4 cm³/mol. The third-order valence-corrected chi connectivity index (χ3v) is 6.52. The van der Waals surface area contributed by atoms with Gasteiger partial charge >= 0.3 is 0 Å². The lowest BCUT2D eigenvalue weighted by Gasteiger charge is -2.32. The monoisotopic (exact) mass is 308 g/mol. The van der Waals surface area contributed by atoms with Crippen LogP contribution in [-0.2, 0) is 0 Å². The van der Waals surface area contributed by atoms with E-state index in [1.165, 1.54) is 41.7 Å². The van der Waals surface area contributed by atoms with Crippen molar-refractivity contribution in [2.75, 3.05) is 25.9 Å². The van der Waals surface area contributed by atoms with E-state index in [2.05, 4.69) is 27.2 Å². The SMILES string of the molecule is CN1CCN=C1SCC1=CSC2=N[C@H]3CCCC[C@@H]3N12. The van der Waals surface area contributed by atoms with E-state index in [1.54, 1.807) is 0 Å². The molecule has 1 fully saturated rings. The molecule has 108 valence electrons. The van der Waals surface area contributed by atoms with Crippen LogP contribution in [-0.4, -0.2) is 58.1 Å². The van der Waals surface area contributed by atoms with Gasteiger partial charge in [0.25, 0.3) is 0 Å². The molecule has 4 rings (SSSR count). The summed E-state index contributed by atoms with van der Waals surface area (Å²) in [6.07, 6.45) is 5.30. The van der Waals surface area contributed by atoms with E-state index in [0.29, 0.717) is 12.1 Å². The highest BCUT2D eigenvalue weighted by atomic mass is 32.2. The van der Waals surface area contributed by atoms with Crippen molar-refractivity contribution in [3.05, 3.63) is 11.1 Å². The Bertz CT molecular complexity index is 499. The fraction of sp³-hybridized carbons (Fsp3) is 0.714. The summed E-state index contributed by atoms with van der Waals surface area (Å²) in [6.45, 7) is 2.02. The molecule has 0 aromatic carbocycles. The van der Waals surface area contributed by atoms with Crippen LogP contribution >= 0.6 is 23.5 Å². The van der Waals surface area contributed by atoms with Gasteiger partial charge in [-0.3, -0.25) is 9.98 Å². The zero-order chi connectivity index (χ0) is 13.5. The molecular weight excluding hydrogens is 288 g/mol. The lowest BCUT2D eigenvalue weighted by atomic mass is 9.91. The molecule has 0 amide bonds. The Hall–Kier alpha value is -0.620. The standard InChI is InChI=1S/C14H20N4S2/c1-17-7-6-15-13(17)19-8-10-9-20-14-16-11-4-2-3-5-12(11)18(10)14/h9,11-12H,2-8H2,1H3/t11-,12-/m0/s1. The quantitative estimate of drug-likeness (QED) is 0.785. The molecule has 3 aliphatic heterocycles. The van der Waals surface area contributed by atoms with Crippen LogP contribution in [0.25, 0.3) is 0 Å². The Morgan fingerprint density at radius 2 is 2.30 bits per heavy atom. The Kier molecular flexibility index (Phi) is 3.46. The van der Waals surface area contributed by atoms with Crippen LogP contribution in [0, 0.1) is 0 Å². The predicted octanol–water partition coefficient (Wildman–Crippen LogP) is 2.59. The number of hydrogen-bond donors (Lipinski definition) is 0. The van der Waals surface area contributed by atoms with Crippen molar-refractivity contribution in [1.82, 2.24) is 9.80 Å². The molecule has 0 aromatic heterocycles. The van der Waals surface area contributed by atoms with Crippen LogP contribution in [0.3, 0.4) is 0 Å². The van der Waals surface area contributed by atoms with E-state index >= 15 is 0 Å². The number of nitrogens with zero attached hydrogens (tertiary/aromatic N) is 4. The van der Waals surface area contributed by atoms with Gasteiger partial charge in [0, 0.05) is 25.0 Å². The Balaban J connectivity index is 1.43. The molecule has 4 aliphatic rings. The molecule has 1 saturated carbocycles. The largest absolute Gasteiger partial charge is 0.353 e. The highest BCUT2D eigenvalue weighted by Gasteiger charge is 2.41. The highest BCUT2D eigenvalue weighted by molar-refractivity contribution is 8.17. The third-order valence-electron chi connectivity index (χ3n) is 4.48. The molecule has 0 spiro atoms. The normalized spacial score (nSPS) is 31.9. The second kappa shape index (κ2) is 5.30. The van der Waals surface area contributed by atoms with Gasteiger partial charge in [-0.15, -0.1) is 0 Å². The van der Waals surface area contributed by atoms with E-state index in [1.807, 2.05) is 23.5 Å². The first kappa shape index (κ1) is 13.1. The van der Waals surface area contributed by atoms with Gasteiger partial charge in [-0.05, 0) is 18.2 Å². The first-order valence-corrected chi connectivity index (χ1v) is 9.30. The van der Waals surface area contributed by atoms with E-state index < -0.39 is 0 Å². The van der Waals surface area contributed by atoms with Gasteiger partial charge in [0.05, 0.1) is 18.6 Å². The minimum absolute atomic E-state index is 0.562. The number of likely N-dealkylation sites (N-methyl/N-ethyl adjacent to an activating group) is 1. The molecule has 2 atom stereocenters. The summed E-state index contributed by atoms with van der Waals surface area (Å²) in [5, 5.41) is 4.74. The van der Waals surface area contributed by atoms with E-state index in [9.17, 15) is 0 Å². The zero-order valence-electron chi connectivity index (χ0n) is 11.8. The average Bonchev–Trinajstić information content (AvgIpc) is 3.12. The molecule has 0 N–H and O–H groups in total. The third kappa shape index (κ3) is 2.17. The molecule has 6 heteroatoms. The first-order chi connectivity index (χ1) is 9.83. The summed E-state index contributed by atoms with van der Waals surface area (Å²) in [6, 6.07) is 1.20. The summed E-state index contributed by atoms with van der Waals surface area (Å²) < 4.78 is 0. The second-order valence-electron chi connectivity index (χ2n) is 5.80. The Labute approximate surface area is 128 Å². The number of rotatable bonds is 2. The zero-order valence-corrected chi connectivity index (χ0v) is 13.4. The molecule has 1 aliphatic carbocycles. The number of aliphatic imine (C=N–C) groups is 2. The van der Waals surface area contributed by atoms with E-state index in [4.69, 9.17) is 4.99 Å². The smallest absolute Gasteiger partial charge is 0.168 e. The van der Waals surface area contributed by atoms with Crippen molar-refractivity contribution in [2.45, 2.75) is 37.8 Å². The molecule has 0 aromatic rings. The summed E-state index contributed by atoms with van der Waals surface area (Å²) in [7, 11) is 2.14. The van der Waals surface area contributed by atoms with Crippen LogP contribution in [0.4, 0.5) is 0 Å².